The van der Waals surface area contributed by atoms with E-state index in [1.54, 1.807) is 35.3 Å². The van der Waals surface area contributed by atoms with Crippen molar-refractivity contribution in [3.8, 4) is 0 Å². The van der Waals surface area contributed by atoms with Crippen LogP contribution in [0.15, 0.2) is 54.8 Å². The molecule has 1 heterocycles. The lowest BCUT2D eigenvalue weighted by Gasteiger charge is -2.10. The Labute approximate surface area is 179 Å². The number of carbonyl (C=O) groups is 2. The zero-order chi connectivity index (χ0) is 23.3. The third-order valence-electron chi connectivity index (χ3n) is 4.24. The largest absolute Gasteiger partial charge is 0.462 e. The first-order valence-electron chi connectivity index (χ1n) is 9.24. The molecular weight excluding hydrogens is 432 g/mol. The number of aromatic nitrogens is 3. The van der Waals surface area contributed by atoms with Crippen LogP contribution in [0, 0.1) is 23.3 Å². The van der Waals surface area contributed by atoms with E-state index >= 15 is 0 Å². The number of esters is 1. The molecule has 0 radical (unpaired) electrons. The summed E-state index contributed by atoms with van der Waals surface area (Å²) in [7, 11) is 0. The van der Waals surface area contributed by atoms with Crippen LogP contribution >= 0.6 is 0 Å². The standard InChI is InChI=1S/C21H16F4N4O3/c1-2-32-21(31)15(20(30)14-7-16(22)18(24)19(25)17(14)23)8-27-13-5-3-12(4-6-13)9-29-11-26-10-28-29/h3-8,10-11,27H,2,9H2,1H3. The summed E-state index contributed by atoms with van der Waals surface area (Å²) in [5.41, 5.74) is -0.557. The zero-order valence-electron chi connectivity index (χ0n) is 16.6. The number of Topliss-reactive ketones (excluding diaryl/α,β-unsaturated/α-hetero) is 1. The molecule has 0 atom stereocenters. The fourth-order valence-electron chi connectivity index (χ4n) is 2.67. The molecule has 0 aliphatic rings. The van der Waals surface area contributed by atoms with Crippen LogP contribution in [0.2, 0.25) is 0 Å². The molecule has 0 spiro atoms. The number of ketones is 1. The van der Waals surface area contributed by atoms with E-state index in [0.717, 1.165) is 11.8 Å². The predicted molar refractivity (Wildman–Crippen MR) is 105 cm³/mol. The molecule has 0 fully saturated rings. The SMILES string of the molecule is CCOC(=O)C(=CNc1ccc(Cn2cncn2)cc1)C(=O)c1cc(F)c(F)c(F)c1F. The second-order valence-corrected chi connectivity index (χ2v) is 6.39. The molecule has 0 amide bonds. The Morgan fingerprint density at radius 1 is 1.09 bits per heavy atom. The Balaban J connectivity index is 1.86. The summed E-state index contributed by atoms with van der Waals surface area (Å²) in [5, 5.41) is 6.67. The van der Waals surface area contributed by atoms with Crippen molar-refractivity contribution in [2.24, 2.45) is 0 Å². The average Bonchev–Trinajstić information content (AvgIpc) is 3.29. The van der Waals surface area contributed by atoms with Gasteiger partial charge < -0.3 is 10.1 Å². The summed E-state index contributed by atoms with van der Waals surface area (Å²) >= 11 is 0. The third kappa shape index (κ3) is 4.99. The highest BCUT2D eigenvalue weighted by Crippen LogP contribution is 2.22. The predicted octanol–water partition coefficient (Wildman–Crippen LogP) is 3.62. The number of rotatable bonds is 8. The van der Waals surface area contributed by atoms with Gasteiger partial charge in [-0.25, -0.2) is 32.0 Å². The van der Waals surface area contributed by atoms with E-state index < -0.39 is 46.2 Å². The van der Waals surface area contributed by atoms with Crippen molar-refractivity contribution in [1.82, 2.24) is 14.8 Å². The van der Waals surface area contributed by atoms with Crippen LogP contribution in [0.1, 0.15) is 22.8 Å². The van der Waals surface area contributed by atoms with E-state index in [-0.39, 0.29) is 12.7 Å². The van der Waals surface area contributed by atoms with Crippen molar-refractivity contribution in [3.05, 3.63) is 89.2 Å². The topological polar surface area (TPSA) is 86.1 Å². The van der Waals surface area contributed by atoms with Gasteiger partial charge in [0.1, 0.15) is 18.2 Å². The molecule has 0 aliphatic heterocycles. The lowest BCUT2D eigenvalue weighted by Crippen LogP contribution is -2.19. The summed E-state index contributed by atoms with van der Waals surface area (Å²) in [6.45, 7) is 1.82. The molecule has 1 aromatic heterocycles. The lowest BCUT2D eigenvalue weighted by molar-refractivity contribution is -0.138. The Morgan fingerprint density at radius 3 is 2.44 bits per heavy atom. The normalized spacial score (nSPS) is 11.3. The molecule has 0 saturated heterocycles. The van der Waals surface area contributed by atoms with Crippen molar-refractivity contribution in [1.29, 1.82) is 0 Å². The molecule has 32 heavy (non-hydrogen) atoms. The highest BCUT2D eigenvalue weighted by molar-refractivity contribution is 6.24. The average molecular weight is 448 g/mol. The van der Waals surface area contributed by atoms with Crippen LogP contribution in [-0.4, -0.2) is 33.1 Å². The van der Waals surface area contributed by atoms with Crippen molar-refractivity contribution >= 4 is 17.4 Å². The Kier molecular flexibility index (Phi) is 6.98. The number of halogens is 4. The second-order valence-electron chi connectivity index (χ2n) is 6.39. The highest BCUT2D eigenvalue weighted by atomic mass is 19.2. The number of benzene rings is 2. The minimum Gasteiger partial charge on any atom is -0.462 e. The van der Waals surface area contributed by atoms with Crippen molar-refractivity contribution in [3.63, 3.8) is 0 Å². The summed E-state index contributed by atoms with van der Waals surface area (Å²) < 4.78 is 60.7. The second kappa shape index (κ2) is 9.86. The van der Waals surface area contributed by atoms with Gasteiger partial charge in [0.15, 0.2) is 23.3 Å². The third-order valence-corrected chi connectivity index (χ3v) is 4.24. The maximum Gasteiger partial charge on any atom is 0.343 e. The van der Waals surface area contributed by atoms with E-state index in [4.69, 9.17) is 4.74 Å². The zero-order valence-corrected chi connectivity index (χ0v) is 16.6. The fraction of sp³-hybridized carbons (Fsp3) is 0.143. The maximum absolute atomic E-state index is 14.1. The molecule has 11 heteroatoms. The minimum absolute atomic E-state index is 0.116. The number of nitrogens with one attached hydrogen (secondary N) is 1. The molecule has 7 nitrogen and oxygen atoms in total. The van der Waals surface area contributed by atoms with Crippen LogP contribution in [0.5, 0.6) is 0 Å². The van der Waals surface area contributed by atoms with Gasteiger partial charge in [-0.15, -0.1) is 0 Å². The van der Waals surface area contributed by atoms with E-state index in [9.17, 15) is 27.2 Å². The summed E-state index contributed by atoms with van der Waals surface area (Å²) in [6.07, 6.45) is 3.87. The molecule has 1 N–H and O–H groups in total. The first-order chi connectivity index (χ1) is 15.3. The van der Waals surface area contributed by atoms with E-state index in [1.807, 2.05) is 0 Å². The van der Waals surface area contributed by atoms with Gasteiger partial charge >= 0.3 is 5.97 Å². The number of ether oxygens (including phenoxy) is 1. The first-order valence-corrected chi connectivity index (χ1v) is 9.24. The van der Waals surface area contributed by atoms with Gasteiger partial charge in [-0.2, -0.15) is 5.10 Å². The van der Waals surface area contributed by atoms with Gasteiger partial charge in [-0.05, 0) is 30.7 Å². The number of carbonyl (C=O) groups excluding carboxylic acids is 2. The molecule has 2 aromatic carbocycles. The van der Waals surface area contributed by atoms with Gasteiger partial charge in [-0.3, -0.25) is 4.79 Å². The first kappa shape index (κ1) is 22.7. The van der Waals surface area contributed by atoms with Crippen molar-refractivity contribution in [2.45, 2.75) is 13.5 Å². The van der Waals surface area contributed by atoms with Crippen LogP contribution in [0.3, 0.4) is 0 Å². The number of hydrogen-bond acceptors (Lipinski definition) is 6. The van der Waals surface area contributed by atoms with Crippen molar-refractivity contribution in [2.75, 3.05) is 11.9 Å². The lowest BCUT2D eigenvalue weighted by atomic mass is 10.0. The molecule has 0 aliphatic carbocycles. The van der Waals surface area contributed by atoms with Crippen LogP contribution < -0.4 is 5.32 Å². The van der Waals surface area contributed by atoms with Gasteiger partial charge in [0.05, 0.1) is 18.7 Å². The van der Waals surface area contributed by atoms with Crippen LogP contribution in [-0.2, 0) is 16.1 Å². The summed E-state index contributed by atoms with van der Waals surface area (Å²) in [5.74, 6) is -10.4. The van der Waals surface area contributed by atoms with Crippen LogP contribution in [0.25, 0.3) is 0 Å². The Hall–Kier alpha value is -4.02. The van der Waals surface area contributed by atoms with Gasteiger partial charge in [0.25, 0.3) is 0 Å². The molecule has 3 rings (SSSR count). The van der Waals surface area contributed by atoms with Crippen LogP contribution in [0.4, 0.5) is 23.2 Å². The van der Waals surface area contributed by atoms with E-state index in [0.29, 0.717) is 12.2 Å². The number of nitrogens with zero attached hydrogens (tertiary/aromatic N) is 3. The fourth-order valence-corrected chi connectivity index (χ4v) is 2.67. The van der Waals surface area contributed by atoms with Gasteiger partial charge in [0.2, 0.25) is 5.78 Å². The molecule has 3 aromatic rings. The highest BCUT2D eigenvalue weighted by Gasteiger charge is 2.28. The van der Waals surface area contributed by atoms with Gasteiger partial charge in [-0.1, -0.05) is 12.1 Å². The molecular formula is C21H16F4N4O3. The Morgan fingerprint density at radius 2 is 1.81 bits per heavy atom. The summed E-state index contributed by atoms with van der Waals surface area (Å²) in [6, 6.07) is 6.94. The molecule has 166 valence electrons. The van der Waals surface area contributed by atoms with Crippen molar-refractivity contribution < 1.29 is 31.9 Å². The monoisotopic (exact) mass is 448 g/mol. The summed E-state index contributed by atoms with van der Waals surface area (Å²) in [4.78, 5) is 28.7. The van der Waals surface area contributed by atoms with Gasteiger partial charge in [0, 0.05) is 11.9 Å². The molecule has 0 saturated carbocycles. The molecule has 0 bridgehead atoms. The number of hydrogen-bond donors (Lipinski definition) is 1. The maximum atomic E-state index is 14.1. The number of anilines is 1. The minimum atomic E-state index is -2.16. The quantitative estimate of drug-likeness (QED) is 0.0828. The van der Waals surface area contributed by atoms with E-state index in [1.165, 1.54) is 13.3 Å². The Bertz CT molecular complexity index is 1160. The van der Waals surface area contributed by atoms with E-state index in [2.05, 4.69) is 15.4 Å². The molecule has 0 unspecified atom stereocenters. The smallest absolute Gasteiger partial charge is 0.343 e.